The lowest BCUT2D eigenvalue weighted by Crippen LogP contribution is -2.15. The number of anilines is 1. The molecule has 0 saturated heterocycles. The molecule has 0 atom stereocenters. The minimum atomic E-state index is -0.186. The summed E-state index contributed by atoms with van der Waals surface area (Å²) in [4.78, 5) is 12.3. The van der Waals surface area contributed by atoms with Crippen molar-refractivity contribution >= 4 is 39.3 Å². The topological polar surface area (TPSA) is 91.4 Å². The van der Waals surface area contributed by atoms with E-state index in [1.165, 1.54) is 18.9 Å². The van der Waals surface area contributed by atoms with Crippen LogP contribution < -0.4 is 14.8 Å². The van der Waals surface area contributed by atoms with Gasteiger partial charge in [0.1, 0.15) is 11.5 Å². The van der Waals surface area contributed by atoms with Crippen molar-refractivity contribution in [3.8, 4) is 23.1 Å². The molecule has 27 heavy (non-hydrogen) atoms. The molecule has 10 heteroatoms. The molecule has 1 aromatic carbocycles. The molecular weight excluding hydrogens is 436 g/mol. The molecule has 3 rings (SSSR count). The number of amides is 1. The first-order chi connectivity index (χ1) is 13.0. The van der Waals surface area contributed by atoms with Crippen molar-refractivity contribution in [2.45, 2.75) is 5.16 Å². The standard InChI is InChI=1S/C17H17BrN4O4S/c1-22-16(12-6-7-14(18)26-12)20-21-17(22)27-9-15(23)19-11-5-4-10(24-2)8-13(11)25-3/h4-8H,9H2,1-3H3,(H,19,23). The largest absolute Gasteiger partial charge is 0.497 e. The molecule has 2 aromatic heterocycles. The van der Waals surface area contributed by atoms with Crippen molar-refractivity contribution < 1.29 is 18.7 Å². The van der Waals surface area contributed by atoms with Gasteiger partial charge in [0.05, 0.1) is 25.7 Å². The van der Waals surface area contributed by atoms with E-state index in [1.807, 2.05) is 7.05 Å². The Hall–Kier alpha value is -2.46. The van der Waals surface area contributed by atoms with Gasteiger partial charge >= 0.3 is 0 Å². The summed E-state index contributed by atoms with van der Waals surface area (Å²) in [7, 11) is 4.92. The number of hydrogen-bond donors (Lipinski definition) is 1. The Bertz CT molecular complexity index is 956. The lowest BCUT2D eigenvalue weighted by Gasteiger charge is -2.11. The number of halogens is 1. The van der Waals surface area contributed by atoms with Crippen molar-refractivity contribution in [1.82, 2.24) is 14.8 Å². The Morgan fingerprint density at radius 2 is 2.07 bits per heavy atom. The van der Waals surface area contributed by atoms with Gasteiger partial charge in [-0.25, -0.2) is 0 Å². The summed E-state index contributed by atoms with van der Waals surface area (Å²) in [5, 5.41) is 11.7. The number of nitrogens with zero attached hydrogens (tertiary/aromatic N) is 3. The molecule has 0 unspecified atom stereocenters. The van der Waals surface area contributed by atoms with Crippen LogP contribution in [-0.2, 0) is 11.8 Å². The predicted octanol–water partition coefficient (Wildman–Crippen LogP) is 3.59. The summed E-state index contributed by atoms with van der Waals surface area (Å²) in [6, 6.07) is 8.77. The van der Waals surface area contributed by atoms with E-state index in [1.54, 1.807) is 42.0 Å². The van der Waals surface area contributed by atoms with Gasteiger partial charge in [0.15, 0.2) is 21.4 Å². The van der Waals surface area contributed by atoms with Crippen LogP contribution in [0.1, 0.15) is 0 Å². The fourth-order valence-corrected chi connectivity index (χ4v) is 3.33. The molecule has 142 valence electrons. The highest BCUT2D eigenvalue weighted by Crippen LogP contribution is 2.30. The molecule has 3 aromatic rings. The zero-order valence-corrected chi connectivity index (χ0v) is 17.3. The van der Waals surface area contributed by atoms with Crippen LogP contribution in [0.3, 0.4) is 0 Å². The minimum absolute atomic E-state index is 0.170. The van der Waals surface area contributed by atoms with E-state index in [-0.39, 0.29) is 11.7 Å². The SMILES string of the molecule is COc1ccc(NC(=O)CSc2nnc(-c3ccc(Br)o3)n2C)c(OC)c1. The van der Waals surface area contributed by atoms with Gasteiger partial charge in [-0.2, -0.15) is 0 Å². The number of thioether (sulfide) groups is 1. The molecular formula is C17H17BrN4O4S. The summed E-state index contributed by atoms with van der Waals surface area (Å²) in [5.41, 5.74) is 0.572. The van der Waals surface area contributed by atoms with Crippen molar-refractivity contribution in [2.24, 2.45) is 7.05 Å². The normalized spacial score (nSPS) is 10.7. The van der Waals surface area contributed by atoms with Gasteiger partial charge in [-0.3, -0.25) is 4.79 Å². The van der Waals surface area contributed by atoms with Gasteiger partial charge in [-0.05, 0) is 40.2 Å². The van der Waals surface area contributed by atoms with E-state index in [4.69, 9.17) is 13.9 Å². The number of rotatable bonds is 7. The van der Waals surface area contributed by atoms with Gasteiger partial charge < -0.3 is 23.8 Å². The molecule has 0 radical (unpaired) electrons. The average Bonchev–Trinajstić information content (AvgIpc) is 3.25. The number of carbonyl (C=O) groups excluding carboxylic acids is 1. The maximum absolute atomic E-state index is 12.3. The van der Waals surface area contributed by atoms with Crippen LogP contribution in [0.15, 0.2) is 44.6 Å². The molecule has 0 saturated carbocycles. The second-order valence-corrected chi connectivity index (χ2v) is 7.10. The highest BCUT2D eigenvalue weighted by Gasteiger charge is 2.16. The Labute approximate surface area is 168 Å². The molecule has 0 fully saturated rings. The van der Waals surface area contributed by atoms with Crippen LogP contribution in [0.2, 0.25) is 0 Å². The smallest absolute Gasteiger partial charge is 0.234 e. The number of aromatic nitrogens is 3. The minimum Gasteiger partial charge on any atom is -0.497 e. The lowest BCUT2D eigenvalue weighted by molar-refractivity contribution is -0.113. The van der Waals surface area contributed by atoms with Gasteiger partial charge in [-0.15, -0.1) is 10.2 Å². The van der Waals surface area contributed by atoms with E-state index in [2.05, 4.69) is 31.4 Å². The Balaban J connectivity index is 1.64. The summed E-state index contributed by atoms with van der Waals surface area (Å²) in [5.74, 6) is 2.33. The molecule has 0 aliphatic heterocycles. The van der Waals surface area contributed by atoms with Crippen LogP contribution in [0.25, 0.3) is 11.6 Å². The van der Waals surface area contributed by atoms with Crippen LogP contribution in [0.5, 0.6) is 11.5 Å². The van der Waals surface area contributed by atoms with Crippen molar-refractivity contribution in [3.05, 3.63) is 35.0 Å². The fraction of sp³-hybridized carbons (Fsp3) is 0.235. The second-order valence-electron chi connectivity index (χ2n) is 5.37. The predicted molar refractivity (Wildman–Crippen MR) is 105 cm³/mol. The average molecular weight is 453 g/mol. The third-order valence-corrected chi connectivity index (χ3v) is 5.09. The summed E-state index contributed by atoms with van der Waals surface area (Å²) < 4.78 is 18.3. The molecule has 0 spiro atoms. The molecule has 1 N–H and O–H groups in total. The number of hydrogen-bond acceptors (Lipinski definition) is 7. The van der Waals surface area contributed by atoms with Crippen LogP contribution in [-0.4, -0.2) is 40.6 Å². The fourth-order valence-electron chi connectivity index (χ4n) is 2.31. The second kappa shape index (κ2) is 8.49. The van der Waals surface area contributed by atoms with Crippen molar-refractivity contribution in [1.29, 1.82) is 0 Å². The summed E-state index contributed by atoms with van der Waals surface area (Å²) in [6.45, 7) is 0. The first-order valence-electron chi connectivity index (χ1n) is 7.81. The van der Waals surface area contributed by atoms with Crippen LogP contribution in [0.4, 0.5) is 5.69 Å². The molecule has 0 aliphatic carbocycles. The Morgan fingerprint density at radius 3 is 2.74 bits per heavy atom. The van der Waals surface area contributed by atoms with E-state index >= 15 is 0 Å². The van der Waals surface area contributed by atoms with E-state index in [9.17, 15) is 4.79 Å². The van der Waals surface area contributed by atoms with Crippen molar-refractivity contribution in [2.75, 3.05) is 25.3 Å². The molecule has 2 heterocycles. The molecule has 0 bridgehead atoms. The van der Waals surface area contributed by atoms with Gasteiger partial charge in [0.2, 0.25) is 5.91 Å². The monoisotopic (exact) mass is 452 g/mol. The third kappa shape index (κ3) is 4.45. The highest BCUT2D eigenvalue weighted by molar-refractivity contribution is 9.10. The quantitative estimate of drug-likeness (QED) is 0.547. The van der Waals surface area contributed by atoms with Gasteiger partial charge in [0, 0.05) is 13.1 Å². The first kappa shape index (κ1) is 19.3. The molecule has 0 aliphatic rings. The number of furan rings is 1. The van der Waals surface area contributed by atoms with Gasteiger partial charge in [0.25, 0.3) is 0 Å². The highest BCUT2D eigenvalue weighted by atomic mass is 79.9. The maximum atomic E-state index is 12.3. The first-order valence-corrected chi connectivity index (χ1v) is 9.59. The maximum Gasteiger partial charge on any atom is 0.234 e. The van der Waals surface area contributed by atoms with E-state index in [0.717, 1.165) is 0 Å². The number of methoxy groups -OCH3 is 2. The van der Waals surface area contributed by atoms with Crippen LogP contribution >= 0.6 is 27.7 Å². The Kier molecular flexibility index (Phi) is 6.07. The molecule has 1 amide bonds. The van der Waals surface area contributed by atoms with E-state index < -0.39 is 0 Å². The zero-order valence-electron chi connectivity index (χ0n) is 14.9. The lowest BCUT2D eigenvalue weighted by atomic mass is 10.2. The number of nitrogens with one attached hydrogen (secondary N) is 1. The number of carbonyl (C=O) groups is 1. The summed E-state index contributed by atoms with van der Waals surface area (Å²) in [6.07, 6.45) is 0. The number of benzene rings is 1. The number of ether oxygens (including phenoxy) is 2. The third-order valence-electron chi connectivity index (χ3n) is 3.64. The van der Waals surface area contributed by atoms with Crippen molar-refractivity contribution in [3.63, 3.8) is 0 Å². The van der Waals surface area contributed by atoms with Gasteiger partial charge in [-0.1, -0.05) is 11.8 Å². The zero-order chi connectivity index (χ0) is 19.4. The molecule has 8 nitrogen and oxygen atoms in total. The summed E-state index contributed by atoms with van der Waals surface area (Å²) >= 11 is 4.54. The van der Waals surface area contributed by atoms with Crippen LogP contribution in [0, 0.1) is 0 Å². The Morgan fingerprint density at radius 1 is 1.26 bits per heavy atom. The van der Waals surface area contributed by atoms with E-state index in [0.29, 0.717) is 38.6 Å².